The molecule has 1 amide bonds. The summed E-state index contributed by atoms with van der Waals surface area (Å²) in [5.41, 5.74) is 3.91. The standard InChI is InChI=1S/C25H28ClN3O2S/c1-28-12-14-29(15-13-28)23(17-8-10-18(26)11-9-17)22-19-5-2-3-7-21(19)32-25(22)27-24(30)20-6-4-16-31-20/h4,6,8-11,16,23H,2-3,5,7,12-15H2,1H3,(H,27,30). The van der Waals surface area contributed by atoms with Crippen molar-refractivity contribution in [2.75, 3.05) is 38.5 Å². The molecule has 1 aliphatic carbocycles. The van der Waals surface area contributed by atoms with Gasteiger partial charge in [0.2, 0.25) is 0 Å². The summed E-state index contributed by atoms with van der Waals surface area (Å²) in [4.78, 5) is 19.3. The fourth-order valence-corrected chi connectivity index (χ4v) is 6.27. The number of carbonyl (C=O) groups excluding carboxylic acids is 1. The van der Waals surface area contributed by atoms with Crippen LogP contribution in [0.1, 0.15) is 51.0 Å². The summed E-state index contributed by atoms with van der Waals surface area (Å²) in [5, 5.41) is 4.90. The minimum Gasteiger partial charge on any atom is -0.459 e. The molecule has 1 fully saturated rings. The lowest BCUT2D eigenvalue weighted by Gasteiger charge is -2.39. The van der Waals surface area contributed by atoms with Gasteiger partial charge in [-0.1, -0.05) is 23.7 Å². The Labute approximate surface area is 198 Å². The first kappa shape index (κ1) is 21.7. The van der Waals surface area contributed by atoms with Crippen molar-refractivity contribution in [3.05, 3.63) is 75.0 Å². The Kier molecular flexibility index (Phi) is 6.37. The predicted octanol–water partition coefficient (Wildman–Crippen LogP) is 5.46. The van der Waals surface area contributed by atoms with Crippen molar-refractivity contribution in [1.82, 2.24) is 9.80 Å². The zero-order valence-corrected chi connectivity index (χ0v) is 19.8. The van der Waals surface area contributed by atoms with Crippen molar-refractivity contribution < 1.29 is 9.21 Å². The number of fused-ring (bicyclic) bond motifs is 1. The van der Waals surface area contributed by atoms with Crippen LogP contribution in [-0.2, 0) is 12.8 Å². The van der Waals surface area contributed by atoms with Crippen LogP contribution in [0.25, 0.3) is 0 Å². The second kappa shape index (κ2) is 9.40. The van der Waals surface area contributed by atoms with Gasteiger partial charge in [0.05, 0.1) is 12.3 Å². The van der Waals surface area contributed by atoms with Crippen LogP contribution in [0.4, 0.5) is 5.00 Å². The van der Waals surface area contributed by atoms with Gasteiger partial charge in [0.25, 0.3) is 5.91 Å². The molecule has 1 aliphatic heterocycles. The van der Waals surface area contributed by atoms with Gasteiger partial charge in [-0.3, -0.25) is 9.69 Å². The summed E-state index contributed by atoms with van der Waals surface area (Å²) in [7, 11) is 2.18. The molecule has 3 heterocycles. The largest absolute Gasteiger partial charge is 0.459 e. The first-order valence-corrected chi connectivity index (χ1v) is 12.5. The van der Waals surface area contributed by atoms with Crippen molar-refractivity contribution in [3.63, 3.8) is 0 Å². The number of piperazine rings is 1. The zero-order valence-electron chi connectivity index (χ0n) is 18.3. The molecule has 1 N–H and O–H groups in total. The number of hydrogen-bond acceptors (Lipinski definition) is 5. The molecule has 5 rings (SSSR count). The zero-order chi connectivity index (χ0) is 22.1. The van der Waals surface area contributed by atoms with E-state index in [0.29, 0.717) is 5.76 Å². The van der Waals surface area contributed by atoms with Crippen LogP contribution in [0.2, 0.25) is 5.02 Å². The summed E-state index contributed by atoms with van der Waals surface area (Å²) < 4.78 is 5.36. The third-order valence-corrected chi connectivity index (χ3v) is 8.02. The van der Waals surface area contributed by atoms with Crippen LogP contribution in [0.15, 0.2) is 47.1 Å². The number of nitrogens with zero attached hydrogens (tertiary/aromatic N) is 2. The molecular formula is C25H28ClN3O2S. The van der Waals surface area contributed by atoms with Gasteiger partial charge in [-0.15, -0.1) is 11.3 Å². The Balaban J connectivity index is 1.59. The molecule has 7 heteroatoms. The summed E-state index contributed by atoms with van der Waals surface area (Å²) in [5.74, 6) is 0.146. The topological polar surface area (TPSA) is 48.7 Å². The average Bonchev–Trinajstić information content (AvgIpc) is 3.45. The maximum Gasteiger partial charge on any atom is 0.291 e. The first-order chi connectivity index (χ1) is 15.6. The van der Waals surface area contributed by atoms with Crippen molar-refractivity contribution in [2.45, 2.75) is 31.7 Å². The fourth-order valence-electron chi connectivity index (χ4n) is 4.83. The number of hydrogen-bond donors (Lipinski definition) is 1. The number of amides is 1. The molecule has 0 bridgehead atoms. The highest BCUT2D eigenvalue weighted by atomic mass is 35.5. The number of thiophene rings is 1. The van der Waals surface area contributed by atoms with Crippen LogP contribution >= 0.6 is 22.9 Å². The molecule has 1 unspecified atom stereocenters. The second-order valence-corrected chi connectivity index (χ2v) is 10.2. The Hall–Kier alpha value is -2.12. The number of benzene rings is 1. The lowest BCUT2D eigenvalue weighted by atomic mass is 9.88. The monoisotopic (exact) mass is 469 g/mol. The number of rotatable bonds is 5. The van der Waals surface area contributed by atoms with Gasteiger partial charge in [-0.25, -0.2) is 0 Å². The summed E-state index contributed by atoms with van der Waals surface area (Å²) in [6, 6.07) is 11.8. The molecule has 1 atom stereocenters. The summed E-state index contributed by atoms with van der Waals surface area (Å²) >= 11 is 7.97. The normalized spacial score (nSPS) is 18.3. The van der Waals surface area contributed by atoms with E-state index in [0.717, 1.165) is 49.0 Å². The van der Waals surface area contributed by atoms with Crippen LogP contribution in [0, 0.1) is 0 Å². The molecule has 3 aromatic rings. The van der Waals surface area contributed by atoms with Crippen LogP contribution in [0.5, 0.6) is 0 Å². The van der Waals surface area contributed by atoms with E-state index < -0.39 is 0 Å². The number of nitrogens with one attached hydrogen (secondary N) is 1. The van der Waals surface area contributed by atoms with Gasteiger partial charge >= 0.3 is 0 Å². The van der Waals surface area contributed by atoms with E-state index in [1.54, 1.807) is 23.5 Å². The lowest BCUT2D eigenvalue weighted by Crippen LogP contribution is -2.46. The van der Waals surface area contributed by atoms with E-state index in [4.69, 9.17) is 16.0 Å². The van der Waals surface area contributed by atoms with Crippen LogP contribution in [0.3, 0.4) is 0 Å². The van der Waals surface area contributed by atoms with Gasteiger partial charge < -0.3 is 14.6 Å². The SMILES string of the molecule is CN1CCN(C(c2ccc(Cl)cc2)c2c(NC(=O)c3ccco3)sc3c2CCCC3)CC1. The van der Waals surface area contributed by atoms with Crippen LogP contribution < -0.4 is 5.32 Å². The van der Waals surface area contributed by atoms with E-state index in [9.17, 15) is 4.79 Å². The highest BCUT2D eigenvalue weighted by Gasteiger charge is 2.33. The van der Waals surface area contributed by atoms with Gasteiger partial charge in [0, 0.05) is 41.6 Å². The molecule has 0 radical (unpaired) electrons. The second-order valence-electron chi connectivity index (χ2n) is 8.68. The third kappa shape index (κ3) is 4.37. The maximum atomic E-state index is 12.9. The fraction of sp³-hybridized carbons (Fsp3) is 0.400. The molecule has 2 aliphatic rings. The van der Waals surface area contributed by atoms with Gasteiger partial charge in [-0.05, 0) is 68.1 Å². The molecule has 2 aromatic heterocycles. The highest BCUT2D eigenvalue weighted by molar-refractivity contribution is 7.16. The quantitative estimate of drug-likeness (QED) is 0.538. The summed E-state index contributed by atoms with van der Waals surface area (Å²) in [6.45, 7) is 4.04. The molecule has 0 spiro atoms. The molecule has 0 saturated carbocycles. The number of aryl methyl sites for hydroxylation is 1. The van der Waals surface area contributed by atoms with Gasteiger partial charge in [0.1, 0.15) is 5.00 Å². The van der Waals surface area contributed by atoms with Crippen molar-refractivity contribution in [1.29, 1.82) is 0 Å². The third-order valence-electron chi connectivity index (χ3n) is 6.55. The average molecular weight is 470 g/mol. The summed E-state index contributed by atoms with van der Waals surface area (Å²) in [6.07, 6.45) is 6.09. The molecule has 32 heavy (non-hydrogen) atoms. The van der Waals surface area contributed by atoms with E-state index in [1.807, 2.05) is 12.1 Å². The molecular weight excluding hydrogens is 442 g/mol. The highest BCUT2D eigenvalue weighted by Crippen LogP contribution is 2.45. The number of halogens is 1. The van der Waals surface area contributed by atoms with Crippen molar-refractivity contribution in [2.24, 2.45) is 0 Å². The van der Waals surface area contributed by atoms with E-state index in [2.05, 4.69) is 34.3 Å². The first-order valence-electron chi connectivity index (χ1n) is 11.3. The smallest absolute Gasteiger partial charge is 0.291 e. The van der Waals surface area contributed by atoms with Gasteiger partial charge in [0.15, 0.2) is 5.76 Å². The molecule has 1 saturated heterocycles. The Morgan fingerprint density at radius 1 is 1.09 bits per heavy atom. The van der Waals surface area contributed by atoms with Crippen molar-refractivity contribution in [3.8, 4) is 0 Å². The van der Waals surface area contributed by atoms with E-state index in [1.165, 1.54) is 40.7 Å². The Morgan fingerprint density at radius 2 is 1.84 bits per heavy atom. The number of carbonyl (C=O) groups is 1. The van der Waals surface area contributed by atoms with E-state index >= 15 is 0 Å². The molecule has 5 nitrogen and oxygen atoms in total. The Morgan fingerprint density at radius 3 is 2.56 bits per heavy atom. The molecule has 168 valence electrons. The number of furan rings is 1. The number of likely N-dealkylation sites (N-methyl/N-ethyl adjacent to an activating group) is 1. The predicted molar refractivity (Wildman–Crippen MR) is 130 cm³/mol. The minimum absolute atomic E-state index is 0.0889. The van der Waals surface area contributed by atoms with Crippen molar-refractivity contribution >= 4 is 33.8 Å². The lowest BCUT2D eigenvalue weighted by molar-refractivity contribution is 0.0996. The van der Waals surface area contributed by atoms with Crippen LogP contribution in [-0.4, -0.2) is 48.9 Å². The number of anilines is 1. The Bertz CT molecular complexity index is 1070. The molecule has 1 aromatic carbocycles. The maximum absolute atomic E-state index is 12.9. The minimum atomic E-state index is -0.192. The van der Waals surface area contributed by atoms with E-state index in [-0.39, 0.29) is 11.9 Å². The van der Waals surface area contributed by atoms with Gasteiger partial charge in [-0.2, -0.15) is 0 Å².